The zero-order valence-corrected chi connectivity index (χ0v) is 25.8. The maximum Gasteiger partial charge on any atom is 0.335 e. The fourth-order valence-corrected chi connectivity index (χ4v) is 5.14. The van der Waals surface area contributed by atoms with E-state index in [-0.39, 0.29) is 17.2 Å². The van der Waals surface area contributed by atoms with Crippen molar-refractivity contribution in [3.05, 3.63) is 125 Å². The maximum absolute atomic E-state index is 13.6. The number of carboxylic acid groups (broad SMARTS) is 1. The lowest BCUT2D eigenvalue weighted by Gasteiger charge is -2.15. The van der Waals surface area contributed by atoms with E-state index in [1.807, 2.05) is 25.1 Å². The Morgan fingerprint density at radius 1 is 0.867 bits per heavy atom. The molecular weight excluding hydrogens is 590 g/mol. The van der Waals surface area contributed by atoms with Crippen LogP contribution in [0.3, 0.4) is 0 Å². The van der Waals surface area contributed by atoms with Gasteiger partial charge in [0.15, 0.2) is 0 Å². The third-order valence-electron chi connectivity index (χ3n) is 6.56. The van der Waals surface area contributed by atoms with Gasteiger partial charge in [-0.3, -0.25) is 14.4 Å². The fourth-order valence-electron chi connectivity index (χ4n) is 4.21. The van der Waals surface area contributed by atoms with Crippen LogP contribution < -0.4 is 20.7 Å². The average Bonchev–Trinajstić information content (AvgIpc) is 3.03. The van der Waals surface area contributed by atoms with Crippen LogP contribution in [0, 0.1) is 6.92 Å². The van der Waals surface area contributed by atoms with Gasteiger partial charge in [-0.25, -0.2) is 4.79 Å². The van der Waals surface area contributed by atoms with Crippen LogP contribution in [0.15, 0.2) is 108 Å². The average molecular weight is 624 g/mol. The molecule has 0 bridgehead atoms. The van der Waals surface area contributed by atoms with Gasteiger partial charge in [0.05, 0.1) is 17.4 Å². The molecule has 10 heteroatoms. The quantitative estimate of drug-likeness (QED) is 0.103. The molecule has 0 aliphatic carbocycles. The maximum atomic E-state index is 13.6. The molecule has 0 heterocycles. The van der Waals surface area contributed by atoms with E-state index in [1.165, 1.54) is 23.9 Å². The molecule has 4 aromatic carbocycles. The standard InChI is InChI=1S/C35H33N3O6S/c1-4-44-31-16-9-8-13-25(31)19-30(38-33(40)24-11-6-5-7-12-24)34(41)36-27-14-10-15-28(21-27)45-23(3)32(39)37-29-20-26(35(42)43)18-17-22(29)2/h5-21,23H,4H2,1-3H3,(H,36,41)(H,37,39)(H,38,40)(H,42,43)/b30-19+. The third-order valence-corrected chi connectivity index (χ3v) is 7.66. The molecule has 3 amide bonds. The number of para-hydroxylation sites is 1. The van der Waals surface area contributed by atoms with Crippen molar-refractivity contribution in [2.24, 2.45) is 0 Å². The van der Waals surface area contributed by atoms with Gasteiger partial charge < -0.3 is 25.8 Å². The molecule has 0 aromatic heterocycles. The number of carboxylic acids is 1. The first-order valence-corrected chi connectivity index (χ1v) is 15.1. The number of hydrogen-bond donors (Lipinski definition) is 4. The molecule has 0 radical (unpaired) electrons. The van der Waals surface area contributed by atoms with E-state index >= 15 is 0 Å². The van der Waals surface area contributed by atoms with E-state index in [2.05, 4.69) is 16.0 Å². The Bertz CT molecular complexity index is 1740. The molecule has 0 aliphatic heterocycles. The second kappa shape index (κ2) is 15.4. The number of benzene rings is 4. The second-order valence-corrected chi connectivity index (χ2v) is 11.3. The Kier molecular flexibility index (Phi) is 11.1. The minimum absolute atomic E-state index is 0.0146. The number of aryl methyl sites for hydroxylation is 1. The fraction of sp³-hybridized carbons (Fsp3) is 0.143. The summed E-state index contributed by atoms with van der Waals surface area (Å²) in [5.74, 6) is -1.81. The van der Waals surface area contributed by atoms with Crippen LogP contribution in [0.1, 0.15) is 45.7 Å². The van der Waals surface area contributed by atoms with Crippen LogP contribution in [0.2, 0.25) is 0 Å². The third kappa shape index (κ3) is 9.07. The van der Waals surface area contributed by atoms with Crippen molar-refractivity contribution in [3.63, 3.8) is 0 Å². The van der Waals surface area contributed by atoms with Crippen molar-refractivity contribution >= 4 is 52.9 Å². The zero-order chi connectivity index (χ0) is 32.3. The Hall–Kier alpha value is -5.35. The lowest BCUT2D eigenvalue weighted by Crippen LogP contribution is -2.30. The number of amides is 3. The normalized spacial score (nSPS) is 11.7. The smallest absolute Gasteiger partial charge is 0.335 e. The molecule has 9 nitrogen and oxygen atoms in total. The highest BCUT2D eigenvalue weighted by Gasteiger charge is 2.19. The topological polar surface area (TPSA) is 134 Å². The van der Waals surface area contributed by atoms with Crippen molar-refractivity contribution in [1.82, 2.24) is 5.32 Å². The van der Waals surface area contributed by atoms with Gasteiger partial charge >= 0.3 is 5.97 Å². The van der Waals surface area contributed by atoms with Gasteiger partial charge in [0.1, 0.15) is 11.4 Å². The number of thioether (sulfide) groups is 1. The first-order valence-electron chi connectivity index (χ1n) is 14.2. The predicted molar refractivity (Wildman–Crippen MR) is 177 cm³/mol. The number of carbonyl (C=O) groups is 4. The summed E-state index contributed by atoms with van der Waals surface area (Å²) in [7, 11) is 0. The number of carbonyl (C=O) groups excluding carboxylic acids is 3. The monoisotopic (exact) mass is 623 g/mol. The van der Waals surface area contributed by atoms with Gasteiger partial charge in [0, 0.05) is 27.4 Å². The largest absolute Gasteiger partial charge is 0.493 e. The predicted octanol–water partition coefficient (Wildman–Crippen LogP) is 6.62. The molecule has 1 unspecified atom stereocenters. The number of rotatable bonds is 12. The van der Waals surface area contributed by atoms with E-state index in [1.54, 1.807) is 86.7 Å². The number of anilines is 2. The highest BCUT2D eigenvalue weighted by Crippen LogP contribution is 2.28. The van der Waals surface area contributed by atoms with Crippen LogP contribution in [0.25, 0.3) is 6.08 Å². The highest BCUT2D eigenvalue weighted by atomic mass is 32.2. The molecule has 4 N–H and O–H groups in total. The Balaban J connectivity index is 1.51. The molecule has 0 aliphatic rings. The molecule has 4 aromatic rings. The summed E-state index contributed by atoms with van der Waals surface area (Å²) >= 11 is 1.27. The summed E-state index contributed by atoms with van der Waals surface area (Å²) < 4.78 is 5.71. The van der Waals surface area contributed by atoms with Crippen LogP contribution in [0.4, 0.5) is 11.4 Å². The highest BCUT2D eigenvalue weighted by molar-refractivity contribution is 8.00. The number of nitrogens with one attached hydrogen (secondary N) is 3. The van der Waals surface area contributed by atoms with Crippen LogP contribution >= 0.6 is 11.8 Å². The summed E-state index contributed by atoms with van der Waals surface area (Å²) in [5, 5.41) is 17.1. The zero-order valence-electron chi connectivity index (χ0n) is 25.0. The van der Waals surface area contributed by atoms with Crippen molar-refractivity contribution < 1.29 is 29.0 Å². The summed E-state index contributed by atoms with van der Waals surface area (Å²) in [6.45, 7) is 5.81. The van der Waals surface area contributed by atoms with Crippen LogP contribution in [-0.2, 0) is 9.59 Å². The lowest BCUT2D eigenvalue weighted by atomic mass is 10.1. The molecule has 0 saturated carbocycles. The molecule has 45 heavy (non-hydrogen) atoms. The van der Waals surface area contributed by atoms with Crippen molar-refractivity contribution in [3.8, 4) is 5.75 Å². The molecule has 0 fully saturated rings. The summed E-state index contributed by atoms with van der Waals surface area (Å²) in [4.78, 5) is 51.6. The molecular formula is C35H33N3O6S. The van der Waals surface area contributed by atoms with E-state index in [0.29, 0.717) is 39.8 Å². The molecule has 230 valence electrons. The summed E-state index contributed by atoms with van der Waals surface area (Å²) in [6, 6.07) is 27.3. The van der Waals surface area contributed by atoms with Crippen molar-refractivity contribution in [1.29, 1.82) is 0 Å². The second-order valence-electron chi connectivity index (χ2n) is 9.92. The Morgan fingerprint density at radius 2 is 1.60 bits per heavy atom. The van der Waals surface area contributed by atoms with Crippen LogP contribution in [-0.4, -0.2) is 40.7 Å². The minimum atomic E-state index is -1.08. The Labute approximate surface area is 265 Å². The number of hydrogen-bond acceptors (Lipinski definition) is 6. The number of ether oxygens (including phenoxy) is 1. The van der Waals surface area contributed by atoms with Crippen molar-refractivity contribution in [2.45, 2.75) is 30.9 Å². The Morgan fingerprint density at radius 3 is 2.33 bits per heavy atom. The van der Waals surface area contributed by atoms with Crippen molar-refractivity contribution in [2.75, 3.05) is 17.2 Å². The van der Waals surface area contributed by atoms with E-state index in [0.717, 1.165) is 5.56 Å². The van der Waals surface area contributed by atoms with Gasteiger partial charge in [0.2, 0.25) is 5.91 Å². The molecule has 1 atom stereocenters. The van der Waals surface area contributed by atoms with Gasteiger partial charge in [-0.15, -0.1) is 11.8 Å². The minimum Gasteiger partial charge on any atom is -0.493 e. The first kappa shape index (κ1) is 32.6. The SMILES string of the molecule is CCOc1ccccc1/C=C(/NC(=O)c1ccccc1)C(=O)Nc1cccc(SC(C)C(=O)Nc2cc(C(=O)O)ccc2C)c1. The van der Waals surface area contributed by atoms with Gasteiger partial charge in [0.25, 0.3) is 11.8 Å². The van der Waals surface area contributed by atoms with Crippen LogP contribution in [0.5, 0.6) is 5.75 Å². The summed E-state index contributed by atoms with van der Waals surface area (Å²) in [6.07, 6.45) is 1.56. The number of aromatic carboxylic acids is 1. The summed E-state index contributed by atoms with van der Waals surface area (Å²) in [5.41, 5.74) is 2.73. The molecule has 0 spiro atoms. The molecule has 4 rings (SSSR count). The van der Waals surface area contributed by atoms with E-state index in [9.17, 15) is 24.3 Å². The van der Waals surface area contributed by atoms with Gasteiger partial charge in [-0.2, -0.15) is 0 Å². The molecule has 0 saturated heterocycles. The first-order chi connectivity index (χ1) is 21.6. The van der Waals surface area contributed by atoms with Gasteiger partial charge in [-0.05, 0) is 80.9 Å². The van der Waals surface area contributed by atoms with Gasteiger partial charge in [-0.1, -0.05) is 48.5 Å². The van der Waals surface area contributed by atoms with E-state index in [4.69, 9.17) is 4.74 Å². The lowest BCUT2D eigenvalue weighted by molar-refractivity contribution is -0.115. The van der Waals surface area contributed by atoms with E-state index < -0.39 is 23.0 Å².